The van der Waals surface area contributed by atoms with Crippen molar-refractivity contribution >= 4 is 23.8 Å². The lowest BCUT2D eigenvalue weighted by Gasteiger charge is -2.34. The third kappa shape index (κ3) is 6.65. The maximum Gasteiger partial charge on any atom is 0.253 e. The number of carbonyl (C=O) groups is 2. The molecule has 1 aliphatic heterocycles. The Labute approximate surface area is 222 Å². The Morgan fingerprint density at radius 1 is 1.26 bits per heavy atom. The molecule has 206 valence electrons. The number of carbonyl (C=O) groups excluding carboxylic acids is 2. The fourth-order valence-corrected chi connectivity index (χ4v) is 4.68. The van der Waals surface area contributed by atoms with E-state index >= 15 is 0 Å². The number of aromatic nitrogens is 2. The third-order valence-electron chi connectivity index (χ3n) is 6.84. The molecule has 3 heterocycles. The Kier molecular flexibility index (Phi) is 9.40. The lowest BCUT2D eigenvalue weighted by atomic mass is 9.90. The van der Waals surface area contributed by atoms with Gasteiger partial charge in [-0.2, -0.15) is 0 Å². The van der Waals surface area contributed by atoms with Crippen molar-refractivity contribution in [2.24, 2.45) is 5.73 Å². The number of aromatic amines is 1. The second-order valence-electron chi connectivity index (χ2n) is 10.3. The lowest BCUT2D eigenvalue weighted by molar-refractivity contribution is -0.135. The van der Waals surface area contributed by atoms with Crippen molar-refractivity contribution in [3.63, 3.8) is 0 Å². The summed E-state index contributed by atoms with van der Waals surface area (Å²) in [4.78, 5) is 47.5. The van der Waals surface area contributed by atoms with Gasteiger partial charge in [0.2, 0.25) is 5.91 Å². The number of aryl methyl sites for hydroxylation is 2. The first-order valence-electron chi connectivity index (χ1n) is 12.9. The van der Waals surface area contributed by atoms with Gasteiger partial charge in [0.15, 0.2) is 0 Å². The van der Waals surface area contributed by atoms with Crippen LogP contribution in [-0.4, -0.2) is 69.3 Å². The molecule has 1 fully saturated rings. The van der Waals surface area contributed by atoms with Gasteiger partial charge < -0.3 is 36.8 Å². The highest BCUT2D eigenvalue weighted by molar-refractivity contribution is 6.04. The summed E-state index contributed by atoms with van der Waals surface area (Å²) in [6.45, 7) is 9.99. The van der Waals surface area contributed by atoms with Gasteiger partial charge in [0, 0.05) is 60.3 Å². The van der Waals surface area contributed by atoms with E-state index in [1.54, 1.807) is 17.9 Å². The third-order valence-corrected chi connectivity index (χ3v) is 6.84. The van der Waals surface area contributed by atoms with Crippen molar-refractivity contribution in [1.82, 2.24) is 20.2 Å². The molecule has 2 atom stereocenters. The number of aliphatic hydroxyl groups excluding tert-OH is 1. The Balaban J connectivity index is 1.87. The molecule has 1 saturated heterocycles. The predicted octanol–water partition coefficient (Wildman–Crippen LogP) is 1.55. The summed E-state index contributed by atoms with van der Waals surface area (Å²) >= 11 is 0. The topological polar surface area (TPSA) is 177 Å². The van der Waals surface area contributed by atoms with Gasteiger partial charge >= 0.3 is 0 Å². The van der Waals surface area contributed by atoms with Crippen molar-refractivity contribution < 1.29 is 14.7 Å². The molecule has 0 bridgehead atoms. The second kappa shape index (κ2) is 12.3. The summed E-state index contributed by atoms with van der Waals surface area (Å²) in [5.41, 5.74) is 8.95. The number of nitrogens with zero attached hydrogens (tertiary/aromatic N) is 2. The first-order valence-corrected chi connectivity index (χ1v) is 12.9. The molecule has 1 aliphatic rings. The van der Waals surface area contributed by atoms with Crippen molar-refractivity contribution in [1.29, 1.82) is 5.41 Å². The number of piperidine rings is 1. The summed E-state index contributed by atoms with van der Waals surface area (Å²) in [6, 6.07) is 2.62. The molecule has 2 amide bonds. The van der Waals surface area contributed by atoms with Crippen LogP contribution in [0, 0.1) is 19.3 Å². The van der Waals surface area contributed by atoms with Crippen LogP contribution in [0.5, 0.6) is 0 Å². The SMILES string of the molecule is Cc1cc(C)c(CNC(=O)c2cc(C3CCN(C(=O)C(N)C(C)O)CC3)nc(NC(C)C)c2C=N)c(=O)[nH]1. The Bertz CT molecular complexity index is 1250. The van der Waals surface area contributed by atoms with Crippen LogP contribution in [0.4, 0.5) is 5.82 Å². The quantitative estimate of drug-likeness (QED) is 0.269. The zero-order valence-corrected chi connectivity index (χ0v) is 22.7. The Hall–Kier alpha value is -3.57. The molecule has 0 aliphatic carbocycles. The zero-order chi connectivity index (χ0) is 28.1. The number of pyridine rings is 2. The Morgan fingerprint density at radius 2 is 1.92 bits per heavy atom. The number of aliphatic hydroxyl groups is 1. The van der Waals surface area contributed by atoms with E-state index in [2.05, 4.69) is 15.6 Å². The van der Waals surface area contributed by atoms with Gasteiger partial charge in [-0.3, -0.25) is 14.4 Å². The van der Waals surface area contributed by atoms with E-state index in [9.17, 15) is 19.5 Å². The van der Waals surface area contributed by atoms with Crippen molar-refractivity contribution in [2.45, 2.75) is 78.1 Å². The number of rotatable bonds is 9. The molecule has 0 radical (unpaired) electrons. The molecule has 2 unspecified atom stereocenters. The highest BCUT2D eigenvalue weighted by Gasteiger charge is 2.30. The van der Waals surface area contributed by atoms with E-state index in [0.29, 0.717) is 54.1 Å². The van der Waals surface area contributed by atoms with Gasteiger partial charge in [-0.1, -0.05) is 0 Å². The smallest absolute Gasteiger partial charge is 0.253 e. The average Bonchev–Trinajstić information content (AvgIpc) is 2.86. The van der Waals surface area contributed by atoms with Crippen LogP contribution in [0.3, 0.4) is 0 Å². The molecule has 2 aromatic rings. The summed E-state index contributed by atoms with van der Waals surface area (Å²) in [6.07, 6.45) is 1.42. The standard InChI is InChI=1S/C27H39N7O4/c1-14(2)31-24-20(12-28)19(25(36)30-13-21-15(3)10-16(4)32-26(21)37)11-22(33-24)18-6-8-34(9-7-18)27(38)23(29)17(5)35/h10-12,14,17-18,23,28,35H,6-9,13,29H2,1-5H3,(H,30,36)(H,31,33)(H,32,37). The first-order chi connectivity index (χ1) is 17.9. The van der Waals surface area contributed by atoms with Crippen LogP contribution in [0.1, 0.15) is 78.0 Å². The molecule has 11 nitrogen and oxygen atoms in total. The maximum atomic E-state index is 13.4. The summed E-state index contributed by atoms with van der Waals surface area (Å²) in [7, 11) is 0. The van der Waals surface area contributed by atoms with E-state index in [-0.39, 0.29) is 30.0 Å². The molecule has 0 spiro atoms. The van der Waals surface area contributed by atoms with E-state index < -0.39 is 18.1 Å². The molecular weight excluding hydrogens is 486 g/mol. The maximum absolute atomic E-state index is 13.4. The van der Waals surface area contributed by atoms with Gasteiger partial charge in [0.1, 0.15) is 11.9 Å². The first kappa shape index (κ1) is 29.0. The molecule has 38 heavy (non-hydrogen) atoms. The summed E-state index contributed by atoms with van der Waals surface area (Å²) < 4.78 is 0. The molecule has 7 N–H and O–H groups in total. The second-order valence-corrected chi connectivity index (χ2v) is 10.3. The van der Waals surface area contributed by atoms with Gasteiger partial charge in [-0.25, -0.2) is 4.98 Å². The van der Waals surface area contributed by atoms with Crippen molar-refractivity contribution in [2.75, 3.05) is 18.4 Å². The van der Waals surface area contributed by atoms with Crippen LogP contribution >= 0.6 is 0 Å². The monoisotopic (exact) mass is 525 g/mol. The molecule has 0 aromatic carbocycles. The normalized spacial score (nSPS) is 15.7. The number of H-pyrrole nitrogens is 1. The fraction of sp³-hybridized carbons (Fsp3) is 0.519. The minimum absolute atomic E-state index is 0.0111. The minimum Gasteiger partial charge on any atom is -0.391 e. The number of anilines is 1. The summed E-state index contributed by atoms with van der Waals surface area (Å²) in [5, 5.41) is 23.8. The number of hydrogen-bond donors (Lipinski definition) is 6. The van der Waals surface area contributed by atoms with Gasteiger partial charge in [-0.15, -0.1) is 0 Å². The van der Waals surface area contributed by atoms with E-state index in [1.165, 1.54) is 6.92 Å². The van der Waals surface area contributed by atoms with E-state index in [4.69, 9.17) is 16.1 Å². The highest BCUT2D eigenvalue weighted by atomic mass is 16.3. The van der Waals surface area contributed by atoms with Crippen LogP contribution in [0.25, 0.3) is 0 Å². The van der Waals surface area contributed by atoms with Crippen molar-refractivity contribution in [3.8, 4) is 0 Å². The number of hydrogen-bond acceptors (Lipinski definition) is 8. The number of nitrogens with one attached hydrogen (secondary N) is 4. The number of nitrogens with two attached hydrogens (primary N) is 1. The van der Waals surface area contributed by atoms with Crippen LogP contribution in [0.15, 0.2) is 16.9 Å². The predicted molar refractivity (Wildman–Crippen MR) is 147 cm³/mol. The largest absolute Gasteiger partial charge is 0.391 e. The Morgan fingerprint density at radius 3 is 2.47 bits per heavy atom. The highest BCUT2D eigenvalue weighted by Crippen LogP contribution is 2.30. The van der Waals surface area contributed by atoms with Crippen LogP contribution in [0.2, 0.25) is 0 Å². The van der Waals surface area contributed by atoms with Crippen molar-refractivity contribution in [3.05, 3.63) is 56.1 Å². The average molecular weight is 526 g/mol. The lowest BCUT2D eigenvalue weighted by Crippen LogP contribution is -2.51. The van der Waals surface area contributed by atoms with Crippen LogP contribution < -0.4 is 21.9 Å². The molecule has 2 aromatic heterocycles. The molecule has 11 heteroatoms. The van der Waals surface area contributed by atoms with Crippen LogP contribution in [-0.2, 0) is 11.3 Å². The van der Waals surface area contributed by atoms with Gasteiger partial charge in [-0.05, 0) is 65.2 Å². The summed E-state index contributed by atoms with van der Waals surface area (Å²) in [5.74, 6) is -0.261. The number of amides is 2. The molecule has 0 saturated carbocycles. The zero-order valence-electron chi connectivity index (χ0n) is 22.7. The van der Waals surface area contributed by atoms with E-state index in [1.807, 2.05) is 26.8 Å². The van der Waals surface area contributed by atoms with E-state index in [0.717, 1.165) is 17.5 Å². The number of likely N-dealkylation sites (tertiary alicyclic amines) is 1. The van der Waals surface area contributed by atoms with Gasteiger partial charge in [0.25, 0.3) is 11.5 Å². The molecule has 3 rings (SSSR count). The van der Waals surface area contributed by atoms with Gasteiger partial charge in [0.05, 0.1) is 11.7 Å². The molecular formula is C27H39N7O4. The minimum atomic E-state index is -0.960. The fourth-order valence-electron chi connectivity index (χ4n) is 4.68.